The second-order valence-corrected chi connectivity index (χ2v) is 4.89. The molecule has 108 valence electrons. The number of methoxy groups -OCH3 is 1. The van der Waals surface area contributed by atoms with Gasteiger partial charge in [-0.15, -0.1) is 0 Å². The molecule has 1 aliphatic heterocycles. The number of hydrogen-bond donors (Lipinski definition) is 1. The van der Waals surface area contributed by atoms with Gasteiger partial charge in [0.15, 0.2) is 0 Å². The van der Waals surface area contributed by atoms with Gasteiger partial charge in [0.2, 0.25) is 0 Å². The van der Waals surface area contributed by atoms with Gasteiger partial charge >= 0.3 is 0 Å². The van der Waals surface area contributed by atoms with Gasteiger partial charge in [0.05, 0.1) is 11.5 Å². The van der Waals surface area contributed by atoms with E-state index in [0.29, 0.717) is 25.4 Å². The summed E-state index contributed by atoms with van der Waals surface area (Å²) in [4.78, 5) is 24.4. The minimum absolute atomic E-state index is 0.0491. The number of rotatable bonds is 4. The first-order chi connectivity index (χ1) is 9.52. The van der Waals surface area contributed by atoms with Gasteiger partial charge in [-0.25, -0.2) is 0 Å². The molecule has 0 aromatic heterocycles. The largest absolute Gasteiger partial charge is 0.399 e. The van der Waals surface area contributed by atoms with E-state index in [-0.39, 0.29) is 23.1 Å². The Morgan fingerprint density at radius 1 is 1.60 bits per heavy atom. The van der Waals surface area contributed by atoms with Crippen LogP contribution >= 0.6 is 0 Å². The predicted molar refractivity (Wildman–Crippen MR) is 73.4 cm³/mol. The zero-order chi connectivity index (χ0) is 14.7. The fourth-order valence-corrected chi connectivity index (χ4v) is 2.44. The Labute approximate surface area is 116 Å². The molecule has 1 aromatic carbocycles. The molecular weight excluding hydrogens is 262 g/mol. The lowest BCUT2D eigenvalue weighted by atomic mass is 10.1. The number of nitro benzene ring substituents is 1. The zero-order valence-corrected chi connectivity index (χ0v) is 11.2. The van der Waals surface area contributed by atoms with Crippen LogP contribution < -0.4 is 5.73 Å². The summed E-state index contributed by atoms with van der Waals surface area (Å²) in [5.74, 6) is -0.0633. The quantitative estimate of drug-likeness (QED) is 0.508. The van der Waals surface area contributed by atoms with E-state index in [0.717, 1.165) is 6.42 Å². The first-order valence-corrected chi connectivity index (χ1v) is 6.35. The van der Waals surface area contributed by atoms with Crippen LogP contribution in [0.5, 0.6) is 0 Å². The average Bonchev–Trinajstić information content (AvgIpc) is 2.86. The first kappa shape index (κ1) is 14.3. The Morgan fingerprint density at radius 3 is 3.00 bits per heavy atom. The maximum absolute atomic E-state index is 12.4. The molecule has 0 saturated carbocycles. The van der Waals surface area contributed by atoms with Gasteiger partial charge in [-0.3, -0.25) is 14.9 Å². The number of ether oxygens (including phenoxy) is 1. The van der Waals surface area contributed by atoms with Crippen LogP contribution in [0.25, 0.3) is 0 Å². The number of anilines is 1. The molecule has 1 aliphatic rings. The predicted octanol–water partition coefficient (Wildman–Crippen LogP) is 1.29. The molecule has 1 atom stereocenters. The van der Waals surface area contributed by atoms with E-state index in [1.807, 2.05) is 0 Å². The summed E-state index contributed by atoms with van der Waals surface area (Å²) in [6.45, 7) is 1.72. The summed E-state index contributed by atoms with van der Waals surface area (Å²) < 4.78 is 5.07. The number of nitrogens with zero attached hydrogens (tertiary/aromatic N) is 2. The van der Waals surface area contributed by atoms with Crippen LogP contribution in [0.4, 0.5) is 11.4 Å². The molecule has 1 aromatic rings. The molecule has 7 nitrogen and oxygen atoms in total. The van der Waals surface area contributed by atoms with Crippen molar-refractivity contribution in [2.75, 3.05) is 32.5 Å². The third kappa shape index (κ3) is 2.88. The lowest BCUT2D eigenvalue weighted by Gasteiger charge is -2.16. The van der Waals surface area contributed by atoms with Crippen molar-refractivity contribution in [1.82, 2.24) is 4.90 Å². The van der Waals surface area contributed by atoms with E-state index in [1.165, 1.54) is 18.2 Å². The van der Waals surface area contributed by atoms with Crippen LogP contribution in [0.2, 0.25) is 0 Å². The summed E-state index contributed by atoms with van der Waals surface area (Å²) in [5.41, 5.74) is 5.81. The van der Waals surface area contributed by atoms with Crippen LogP contribution in [0.15, 0.2) is 18.2 Å². The molecule has 1 fully saturated rings. The molecule has 0 radical (unpaired) electrons. The lowest BCUT2D eigenvalue weighted by Crippen LogP contribution is -2.29. The highest BCUT2D eigenvalue weighted by molar-refractivity contribution is 5.99. The third-order valence-corrected chi connectivity index (χ3v) is 3.42. The lowest BCUT2D eigenvalue weighted by molar-refractivity contribution is -0.385. The molecule has 0 bridgehead atoms. The molecule has 1 amide bonds. The van der Waals surface area contributed by atoms with Crippen molar-refractivity contribution >= 4 is 17.3 Å². The van der Waals surface area contributed by atoms with Crippen LogP contribution in [0.3, 0.4) is 0 Å². The van der Waals surface area contributed by atoms with Crippen molar-refractivity contribution in [1.29, 1.82) is 0 Å². The van der Waals surface area contributed by atoms with E-state index < -0.39 is 4.92 Å². The normalized spacial score (nSPS) is 18.2. The van der Waals surface area contributed by atoms with Gasteiger partial charge in [0, 0.05) is 37.9 Å². The van der Waals surface area contributed by atoms with Crippen molar-refractivity contribution in [3.63, 3.8) is 0 Å². The maximum Gasteiger partial charge on any atom is 0.282 e. The Bertz CT molecular complexity index is 532. The van der Waals surface area contributed by atoms with E-state index in [2.05, 4.69) is 0 Å². The number of carbonyl (C=O) groups excluding carboxylic acids is 1. The summed E-state index contributed by atoms with van der Waals surface area (Å²) in [7, 11) is 1.62. The Balaban J connectivity index is 2.21. The minimum atomic E-state index is -0.560. The van der Waals surface area contributed by atoms with E-state index in [1.54, 1.807) is 12.0 Å². The van der Waals surface area contributed by atoms with Crippen molar-refractivity contribution in [3.8, 4) is 0 Å². The number of likely N-dealkylation sites (tertiary alicyclic amines) is 1. The molecule has 7 heteroatoms. The fraction of sp³-hybridized carbons (Fsp3) is 0.462. The van der Waals surface area contributed by atoms with Gasteiger partial charge in [0.1, 0.15) is 5.56 Å². The van der Waals surface area contributed by atoms with Crippen molar-refractivity contribution in [2.24, 2.45) is 5.92 Å². The second kappa shape index (κ2) is 5.87. The molecule has 1 saturated heterocycles. The third-order valence-electron chi connectivity index (χ3n) is 3.42. The van der Waals surface area contributed by atoms with Crippen LogP contribution in [-0.4, -0.2) is 42.5 Å². The minimum Gasteiger partial charge on any atom is -0.399 e. The van der Waals surface area contributed by atoms with Crippen molar-refractivity contribution in [2.45, 2.75) is 6.42 Å². The Morgan fingerprint density at radius 2 is 2.35 bits per heavy atom. The van der Waals surface area contributed by atoms with Gasteiger partial charge in [-0.2, -0.15) is 0 Å². The van der Waals surface area contributed by atoms with E-state index in [4.69, 9.17) is 10.5 Å². The molecule has 20 heavy (non-hydrogen) atoms. The molecule has 1 heterocycles. The van der Waals surface area contributed by atoms with Crippen LogP contribution in [0, 0.1) is 16.0 Å². The summed E-state index contributed by atoms with van der Waals surface area (Å²) in [5, 5.41) is 11.0. The Hall–Kier alpha value is -2.15. The number of nitrogens with two attached hydrogens (primary N) is 1. The molecular formula is C13H17N3O4. The molecule has 2 rings (SSSR count). The first-order valence-electron chi connectivity index (χ1n) is 6.35. The van der Waals surface area contributed by atoms with Crippen LogP contribution in [0.1, 0.15) is 16.8 Å². The van der Waals surface area contributed by atoms with Gasteiger partial charge in [-0.05, 0) is 18.6 Å². The SMILES string of the molecule is COCC1CCN(C(=O)c2cc(N)ccc2[N+](=O)[O-])C1. The number of benzene rings is 1. The van der Waals surface area contributed by atoms with E-state index >= 15 is 0 Å². The van der Waals surface area contributed by atoms with Gasteiger partial charge in [0.25, 0.3) is 11.6 Å². The molecule has 1 unspecified atom stereocenters. The van der Waals surface area contributed by atoms with Gasteiger partial charge in [-0.1, -0.05) is 0 Å². The number of amides is 1. The molecule has 2 N–H and O–H groups in total. The molecule has 0 aliphatic carbocycles. The smallest absolute Gasteiger partial charge is 0.282 e. The maximum atomic E-state index is 12.4. The summed E-state index contributed by atoms with van der Waals surface area (Å²) in [6.07, 6.45) is 0.843. The number of hydrogen-bond acceptors (Lipinski definition) is 5. The van der Waals surface area contributed by atoms with Crippen molar-refractivity contribution in [3.05, 3.63) is 33.9 Å². The highest BCUT2D eigenvalue weighted by atomic mass is 16.6. The average molecular weight is 279 g/mol. The highest BCUT2D eigenvalue weighted by Gasteiger charge is 2.30. The summed E-state index contributed by atoms with van der Waals surface area (Å²) >= 11 is 0. The Kier molecular flexibility index (Phi) is 4.19. The van der Waals surface area contributed by atoms with Crippen LogP contribution in [-0.2, 0) is 4.74 Å². The van der Waals surface area contributed by atoms with Crippen molar-refractivity contribution < 1.29 is 14.5 Å². The number of carbonyl (C=O) groups is 1. The number of nitro groups is 1. The topological polar surface area (TPSA) is 98.7 Å². The second-order valence-electron chi connectivity index (χ2n) is 4.89. The standard InChI is InChI=1S/C13H17N3O4/c1-20-8-9-4-5-15(7-9)13(17)11-6-10(14)2-3-12(11)16(18)19/h2-3,6,9H,4-5,7-8,14H2,1H3. The van der Waals surface area contributed by atoms with E-state index in [9.17, 15) is 14.9 Å². The van der Waals surface area contributed by atoms with Gasteiger partial charge < -0.3 is 15.4 Å². The highest BCUT2D eigenvalue weighted by Crippen LogP contribution is 2.25. The molecule has 0 spiro atoms. The summed E-state index contributed by atoms with van der Waals surface area (Å²) in [6, 6.07) is 4.06. The monoisotopic (exact) mass is 279 g/mol. The number of nitrogen functional groups attached to an aromatic ring is 1. The zero-order valence-electron chi connectivity index (χ0n) is 11.2. The fourth-order valence-electron chi connectivity index (χ4n) is 2.44.